The van der Waals surface area contributed by atoms with Crippen molar-refractivity contribution >= 4 is 17.9 Å². The van der Waals surface area contributed by atoms with Gasteiger partial charge in [0.1, 0.15) is 12.6 Å². The number of hydrogen-bond donors (Lipinski definition) is 0. The molecule has 0 spiro atoms. The van der Waals surface area contributed by atoms with Gasteiger partial charge in [-0.3, -0.25) is 9.59 Å². The van der Waals surface area contributed by atoms with Crippen LogP contribution in [-0.4, -0.2) is 75.5 Å². The summed E-state index contributed by atoms with van der Waals surface area (Å²) >= 11 is 0. The van der Waals surface area contributed by atoms with Crippen LogP contribution in [0.1, 0.15) is 187 Å². The first-order valence-corrected chi connectivity index (χ1v) is 20.1. The maximum absolute atomic E-state index is 12.6. The number of ether oxygens (including phenoxy) is 3. The molecule has 2 atom stereocenters. The van der Waals surface area contributed by atoms with Crippen LogP contribution in [0, 0.1) is 0 Å². The van der Waals surface area contributed by atoms with Crippen LogP contribution < -0.4 is 5.11 Å². The van der Waals surface area contributed by atoms with Crippen LogP contribution in [0.4, 0.5) is 0 Å². The fourth-order valence-electron chi connectivity index (χ4n) is 6.07. The molecule has 8 nitrogen and oxygen atoms in total. The number of carbonyl (C=O) groups is 3. The Balaban J connectivity index is 4.36. The van der Waals surface area contributed by atoms with Crippen LogP contribution in [0.3, 0.4) is 0 Å². The van der Waals surface area contributed by atoms with E-state index in [9.17, 15) is 19.5 Å². The van der Waals surface area contributed by atoms with Gasteiger partial charge in [0.2, 0.25) is 0 Å². The first-order chi connectivity index (χ1) is 23.1. The second-order valence-corrected chi connectivity index (χ2v) is 14.9. The standard InChI is InChI=1S/C40H77NO7/c1-6-8-10-12-14-16-18-19-20-21-23-25-27-29-31-39(43)48-36(34-46-33-32-37(40(44)45)41(3,4)5)35-47-38(42)30-28-26-24-22-17-15-13-11-9-7-2/h36-37H,6-35H2,1-5H3. The summed E-state index contributed by atoms with van der Waals surface area (Å²) in [7, 11) is 5.41. The topological polar surface area (TPSA) is 102 Å². The average Bonchev–Trinajstić information content (AvgIpc) is 3.03. The number of hydrogen-bond acceptors (Lipinski definition) is 7. The van der Waals surface area contributed by atoms with E-state index in [4.69, 9.17) is 14.2 Å². The number of unbranched alkanes of at least 4 members (excludes halogenated alkanes) is 22. The Hall–Kier alpha value is -1.67. The van der Waals surface area contributed by atoms with E-state index in [0.29, 0.717) is 12.8 Å². The maximum Gasteiger partial charge on any atom is 0.306 e. The number of rotatable bonds is 36. The molecule has 0 N–H and O–H groups in total. The Morgan fingerprint density at radius 3 is 1.29 bits per heavy atom. The second kappa shape index (κ2) is 32.5. The van der Waals surface area contributed by atoms with Crippen molar-refractivity contribution in [1.82, 2.24) is 0 Å². The number of esters is 2. The number of carboxylic acid groups (broad SMARTS) is 1. The fourth-order valence-corrected chi connectivity index (χ4v) is 6.07. The molecular weight excluding hydrogens is 606 g/mol. The number of carbonyl (C=O) groups excluding carboxylic acids is 3. The van der Waals surface area contributed by atoms with E-state index >= 15 is 0 Å². The van der Waals surface area contributed by atoms with Crippen molar-refractivity contribution in [2.24, 2.45) is 0 Å². The monoisotopic (exact) mass is 684 g/mol. The highest BCUT2D eigenvalue weighted by atomic mass is 16.6. The van der Waals surface area contributed by atoms with E-state index in [1.165, 1.54) is 116 Å². The summed E-state index contributed by atoms with van der Waals surface area (Å²) in [5, 5.41) is 11.6. The molecule has 0 saturated heterocycles. The summed E-state index contributed by atoms with van der Waals surface area (Å²) in [6.45, 7) is 4.66. The van der Waals surface area contributed by atoms with Crippen LogP contribution in [0.5, 0.6) is 0 Å². The van der Waals surface area contributed by atoms with Gasteiger partial charge in [-0.1, -0.05) is 155 Å². The lowest BCUT2D eigenvalue weighted by atomic mass is 10.0. The molecule has 0 fully saturated rings. The van der Waals surface area contributed by atoms with Gasteiger partial charge in [0.25, 0.3) is 0 Å². The van der Waals surface area contributed by atoms with Gasteiger partial charge in [-0.05, 0) is 12.8 Å². The molecular formula is C40H77NO7. The zero-order valence-corrected chi connectivity index (χ0v) is 32.2. The maximum atomic E-state index is 12.6. The van der Waals surface area contributed by atoms with Gasteiger partial charge in [0.15, 0.2) is 6.10 Å². The number of nitrogens with zero attached hydrogens (tertiary/aromatic N) is 1. The molecule has 0 heterocycles. The van der Waals surface area contributed by atoms with Crippen molar-refractivity contribution in [2.45, 2.75) is 199 Å². The van der Waals surface area contributed by atoms with Gasteiger partial charge in [-0.25, -0.2) is 0 Å². The summed E-state index contributed by atoms with van der Waals surface area (Å²) in [5.74, 6) is -1.72. The third kappa shape index (κ3) is 30.4. The lowest BCUT2D eigenvalue weighted by Gasteiger charge is -2.34. The van der Waals surface area contributed by atoms with Gasteiger partial charge < -0.3 is 28.6 Å². The lowest BCUT2D eigenvalue weighted by molar-refractivity contribution is -0.889. The quantitative estimate of drug-likeness (QED) is 0.0369. The molecule has 0 aromatic heterocycles. The summed E-state index contributed by atoms with van der Waals surface area (Å²) in [5.41, 5.74) is 0. The Bertz CT molecular complexity index is 767. The van der Waals surface area contributed by atoms with E-state index in [-0.39, 0.29) is 42.7 Å². The minimum Gasteiger partial charge on any atom is -0.544 e. The number of aliphatic carboxylic acids is 1. The molecule has 0 aliphatic rings. The molecule has 284 valence electrons. The Morgan fingerprint density at radius 1 is 0.542 bits per heavy atom. The molecule has 2 unspecified atom stereocenters. The Morgan fingerprint density at radius 2 is 0.917 bits per heavy atom. The van der Waals surface area contributed by atoms with Crippen LogP contribution in [0.25, 0.3) is 0 Å². The molecule has 8 heteroatoms. The zero-order chi connectivity index (χ0) is 35.7. The minimum absolute atomic E-state index is 0.0485. The molecule has 0 aliphatic heterocycles. The highest BCUT2D eigenvalue weighted by Gasteiger charge is 2.25. The summed E-state index contributed by atoms with van der Waals surface area (Å²) < 4.78 is 17.1. The zero-order valence-electron chi connectivity index (χ0n) is 32.2. The second-order valence-electron chi connectivity index (χ2n) is 14.9. The van der Waals surface area contributed by atoms with Crippen molar-refractivity contribution in [2.75, 3.05) is 41.0 Å². The van der Waals surface area contributed by atoms with E-state index in [1.54, 1.807) is 21.1 Å². The van der Waals surface area contributed by atoms with Gasteiger partial charge in [-0.15, -0.1) is 0 Å². The lowest BCUT2D eigenvalue weighted by Crippen LogP contribution is -2.55. The third-order valence-electron chi connectivity index (χ3n) is 9.24. The normalized spacial score (nSPS) is 12.9. The molecule has 48 heavy (non-hydrogen) atoms. The molecule has 0 bridgehead atoms. The fraction of sp³-hybridized carbons (Fsp3) is 0.925. The van der Waals surface area contributed by atoms with E-state index in [2.05, 4.69) is 13.8 Å². The van der Waals surface area contributed by atoms with Crippen LogP contribution in [-0.2, 0) is 28.6 Å². The molecule has 0 amide bonds. The Labute approximate surface area is 296 Å². The molecule has 0 aliphatic carbocycles. The minimum atomic E-state index is -1.12. The van der Waals surface area contributed by atoms with Crippen molar-refractivity contribution in [1.29, 1.82) is 0 Å². The highest BCUT2D eigenvalue weighted by Crippen LogP contribution is 2.15. The highest BCUT2D eigenvalue weighted by molar-refractivity contribution is 5.70. The molecule has 0 saturated carbocycles. The van der Waals surface area contributed by atoms with Crippen LogP contribution in [0.15, 0.2) is 0 Å². The SMILES string of the molecule is CCCCCCCCCCCCCCCCC(=O)OC(COCCC(C(=O)[O-])[N+](C)(C)C)COC(=O)CCCCCCCCCCCC. The van der Waals surface area contributed by atoms with Gasteiger partial charge in [0.05, 0.1) is 40.3 Å². The number of carboxylic acids is 1. The number of quaternary nitrogens is 1. The molecule has 0 rings (SSSR count). The van der Waals surface area contributed by atoms with Crippen molar-refractivity contribution in [3.8, 4) is 0 Å². The summed E-state index contributed by atoms with van der Waals surface area (Å²) in [6, 6.07) is -0.717. The predicted octanol–water partition coefficient (Wildman–Crippen LogP) is 8.86. The third-order valence-corrected chi connectivity index (χ3v) is 9.24. The largest absolute Gasteiger partial charge is 0.544 e. The van der Waals surface area contributed by atoms with Crippen LogP contribution in [0.2, 0.25) is 0 Å². The smallest absolute Gasteiger partial charge is 0.306 e. The van der Waals surface area contributed by atoms with Crippen LogP contribution >= 0.6 is 0 Å². The van der Waals surface area contributed by atoms with Gasteiger partial charge in [-0.2, -0.15) is 0 Å². The van der Waals surface area contributed by atoms with E-state index in [0.717, 1.165) is 38.5 Å². The van der Waals surface area contributed by atoms with Gasteiger partial charge in [0, 0.05) is 19.3 Å². The number of likely N-dealkylation sites (N-methyl/N-ethyl adjacent to an activating group) is 1. The van der Waals surface area contributed by atoms with Gasteiger partial charge >= 0.3 is 11.9 Å². The predicted molar refractivity (Wildman–Crippen MR) is 194 cm³/mol. The summed E-state index contributed by atoms with van der Waals surface area (Å²) in [4.78, 5) is 36.6. The van der Waals surface area contributed by atoms with E-state index < -0.39 is 18.1 Å². The van der Waals surface area contributed by atoms with Crippen molar-refractivity contribution in [3.63, 3.8) is 0 Å². The molecule has 0 aromatic rings. The van der Waals surface area contributed by atoms with Crippen molar-refractivity contribution < 1.29 is 38.2 Å². The van der Waals surface area contributed by atoms with Crippen molar-refractivity contribution in [3.05, 3.63) is 0 Å². The molecule has 0 radical (unpaired) electrons. The molecule has 0 aromatic carbocycles. The average molecular weight is 684 g/mol. The summed E-state index contributed by atoms with van der Waals surface area (Å²) in [6.07, 6.45) is 29.7. The Kier molecular flexibility index (Phi) is 31.4. The first kappa shape index (κ1) is 46.3. The van der Waals surface area contributed by atoms with E-state index in [1.807, 2.05) is 0 Å². The first-order valence-electron chi connectivity index (χ1n) is 20.1.